The van der Waals surface area contributed by atoms with Gasteiger partial charge in [0, 0.05) is 11.4 Å². The molecule has 0 saturated heterocycles. The summed E-state index contributed by atoms with van der Waals surface area (Å²) in [6.07, 6.45) is 1.73. The molecule has 1 N–H and O–H groups in total. The molecule has 0 saturated carbocycles. The van der Waals surface area contributed by atoms with Crippen LogP contribution in [0.4, 0.5) is 0 Å². The molecule has 0 bridgehead atoms. The number of aliphatic carboxylic acids is 1. The Kier molecular flexibility index (Phi) is 5.59. The van der Waals surface area contributed by atoms with Crippen molar-refractivity contribution < 1.29 is 9.90 Å². The lowest BCUT2D eigenvalue weighted by Gasteiger charge is -2.10. The molecule has 1 aromatic carbocycles. The van der Waals surface area contributed by atoms with E-state index in [9.17, 15) is 4.79 Å². The van der Waals surface area contributed by atoms with Crippen LogP contribution < -0.4 is 0 Å². The average Bonchev–Trinajstić information content (AvgIpc) is 2.30. The van der Waals surface area contributed by atoms with E-state index in [0.29, 0.717) is 24.3 Å². The third-order valence-electron chi connectivity index (χ3n) is 2.54. The Morgan fingerprint density at radius 3 is 2.59 bits per heavy atom. The summed E-state index contributed by atoms with van der Waals surface area (Å²) in [5.74, 6) is 4.52. The van der Waals surface area contributed by atoms with E-state index in [-0.39, 0.29) is 5.92 Å². The first kappa shape index (κ1) is 13.6. The Balaban J connectivity index is 2.62. The molecule has 0 heterocycles. The lowest BCUT2D eigenvalue weighted by Crippen LogP contribution is -2.16. The summed E-state index contributed by atoms with van der Waals surface area (Å²) in [5, 5.41) is 9.78. The molecule has 0 spiro atoms. The van der Waals surface area contributed by atoms with Gasteiger partial charge < -0.3 is 5.11 Å². The van der Waals surface area contributed by atoms with E-state index < -0.39 is 5.97 Å². The second-order valence-corrected chi connectivity index (χ2v) is 4.27. The fourth-order valence-electron chi connectivity index (χ4n) is 1.59. The van der Waals surface area contributed by atoms with Crippen molar-refractivity contribution in [2.75, 3.05) is 0 Å². The van der Waals surface area contributed by atoms with Crippen LogP contribution in [0.3, 0.4) is 0 Å². The third kappa shape index (κ3) is 4.93. The van der Waals surface area contributed by atoms with E-state index in [1.165, 1.54) is 0 Å². The van der Waals surface area contributed by atoms with E-state index in [2.05, 4.69) is 11.8 Å². The average molecular weight is 251 g/mol. The number of carbonyl (C=O) groups is 1. The highest BCUT2D eigenvalue weighted by Gasteiger charge is 2.17. The molecule has 3 heteroatoms. The van der Waals surface area contributed by atoms with Crippen LogP contribution in [0, 0.1) is 17.8 Å². The Morgan fingerprint density at radius 2 is 2.06 bits per heavy atom. The molecule has 0 fully saturated rings. The smallest absolute Gasteiger partial charge is 0.306 e. The number of halogens is 1. The monoisotopic (exact) mass is 250 g/mol. The normalized spacial score (nSPS) is 11.4. The van der Waals surface area contributed by atoms with E-state index in [0.717, 1.165) is 5.56 Å². The van der Waals surface area contributed by atoms with Gasteiger partial charge in [-0.2, -0.15) is 0 Å². The number of carboxylic acid groups (broad SMARTS) is 1. The first-order chi connectivity index (χ1) is 8.13. The minimum absolute atomic E-state index is 0.378. The fourth-order valence-corrected chi connectivity index (χ4v) is 1.72. The van der Waals surface area contributed by atoms with E-state index in [1.807, 2.05) is 12.1 Å². The molecule has 1 rings (SSSR count). The van der Waals surface area contributed by atoms with Crippen molar-refractivity contribution in [3.63, 3.8) is 0 Å². The van der Waals surface area contributed by atoms with E-state index >= 15 is 0 Å². The minimum Gasteiger partial charge on any atom is -0.481 e. The Morgan fingerprint density at radius 1 is 1.41 bits per heavy atom. The molecule has 2 nitrogen and oxygen atoms in total. The molecule has 0 aliphatic rings. The molecule has 0 amide bonds. The van der Waals surface area contributed by atoms with Crippen LogP contribution in [-0.4, -0.2) is 11.1 Å². The van der Waals surface area contributed by atoms with Gasteiger partial charge in [-0.25, -0.2) is 0 Å². The summed E-state index contributed by atoms with van der Waals surface area (Å²) < 4.78 is 0. The number of rotatable bonds is 5. The summed E-state index contributed by atoms with van der Waals surface area (Å²) in [5.41, 5.74) is 0.992. The Labute approximate surface area is 107 Å². The molecule has 1 unspecified atom stereocenters. The van der Waals surface area contributed by atoms with Gasteiger partial charge in [0.15, 0.2) is 0 Å². The van der Waals surface area contributed by atoms with Crippen LogP contribution in [-0.2, 0) is 11.2 Å². The topological polar surface area (TPSA) is 37.3 Å². The van der Waals surface area contributed by atoms with Gasteiger partial charge in [-0.3, -0.25) is 4.79 Å². The largest absolute Gasteiger partial charge is 0.481 e. The van der Waals surface area contributed by atoms with Crippen molar-refractivity contribution in [3.05, 3.63) is 34.9 Å². The van der Waals surface area contributed by atoms with E-state index in [1.54, 1.807) is 19.1 Å². The predicted octanol–water partition coefficient (Wildman–Crippen LogP) is 3.39. The maximum Gasteiger partial charge on any atom is 0.306 e. The molecule has 0 aliphatic carbocycles. The highest BCUT2D eigenvalue weighted by Crippen LogP contribution is 2.16. The second-order valence-electron chi connectivity index (χ2n) is 3.83. The zero-order chi connectivity index (χ0) is 12.7. The van der Waals surface area contributed by atoms with Gasteiger partial charge in [0.25, 0.3) is 0 Å². The molecule has 0 radical (unpaired) electrons. The van der Waals surface area contributed by atoms with Crippen LogP contribution in [0.25, 0.3) is 0 Å². The maximum atomic E-state index is 11.1. The number of benzene rings is 1. The standard InChI is InChI=1S/C14H15ClO2/c1-2-3-4-5-12(14(16)17)10-11-6-8-13(15)9-7-11/h6-9,12H,4-5,10H2,1H3,(H,16,17). The molecular formula is C14H15ClO2. The summed E-state index contributed by atoms with van der Waals surface area (Å²) in [4.78, 5) is 11.1. The maximum absolute atomic E-state index is 11.1. The zero-order valence-corrected chi connectivity index (χ0v) is 10.5. The molecule has 0 aliphatic heterocycles. The SMILES string of the molecule is CC#CCCC(Cc1ccc(Cl)cc1)C(=O)O. The van der Waals surface area contributed by atoms with Crippen molar-refractivity contribution in [2.24, 2.45) is 5.92 Å². The van der Waals surface area contributed by atoms with Gasteiger partial charge in [0.1, 0.15) is 0 Å². The van der Waals surface area contributed by atoms with Gasteiger partial charge in [-0.15, -0.1) is 11.8 Å². The third-order valence-corrected chi connectivity index (χ3v) is 2.79. The molecular weight excluding hydrogens is 236 g/mol. The van der Waals surface area contributed by atoms with Gasteiger partial charge in [-0.1, -0.05) is 23.7 Å². The van der Waals surface area contributed by atoms with Gasteiger partial charge in [-0.05, 0) is 37.5 Å². The molecule has 1 aromatic rings. The number of carboxylic acids is 1. The molecule has 90 valence electrons. The zero-order valence-electron chi connectivity index (χ0n) is 9.74. The number of hydrogen-bond acceptors (Lipinski definition) is 1. The summed E-state index contributed by atoms with van der Waals surface area (Å²) in [7, 11) is 0. The molecule has 0 aromatic heterocycles. The van der Waals surface area contributed by atoms with Gasteiger partial charge in [0.05, 0.1) is 5.92 Å². The van der Waals surface area contributed by atoms with Crippen molar-refractivity contribution in [2.45, 2.75) is 26.2 Å². The second kappa shape index (κ2) is 6.98. The number of hydrogen-bond donors (Lipinski definition) is 1. The molecule has 1 atom stereocenters. The van der Waals surface area contributed by atoms with Crippen molar-refractivity contribution in [1.82, 2.24) is 0 Å². The highest BCUT2D eigenvalue weighted by molar-refractivity contribution is 6.30. The van der Waals surface area contributed by atoms with Crippen molar-refractivity contribution >= 4 is 17.6 Å². The van der Waals surface area contributed by atoms with Crippen LogP contribution in [0.5, 0.6) is 0 Å². The summed E-state index contributed by atoms with van der Waals surface area (Å²) in [6.45, 7) is 1.76. The van der Waals surface area contributed by atoms with Crippen LogP contribution in [0.15, 0.2) is 24.3 Å². The highest BCUT2D eigenvalue weighted by atomic mass is 35.5. The minimum atomic E-state index is -0.766. The van der Waals surface area contributed by atoms with Crippen LogP contribution >= 0.6 is 11.6 Å². The van der Waals surface area contributed by atoms with Crippen molar-refractivity contribution in [1.29, 1.82) is 0 Å². The van der Waals surface area contributed by atoms with Gasteiger partial charge in [0.2, 0.25) is 0 Å². The van der Waals surface area contributed by atoms with Gasteiger partial charge >= 0.3 is 5.97 Å². The Bertz CT molecular complexity index is 426. The quantitative estimate of drug-likeness (QED) is 0.814. The first-order valence-electron chi connectivity index (χ1n) is 5.50. The van der Waals surface area contributed by atoms with Crippen molar-refractivity contribution in [3.8, 4) is 11.8 Å². The predicted molar refractivity (Wildman–Crippen MR) is 69.0 cm³/mol. The van der Waals surface area contributed by atoms with E-state index in [4.69, 9.17) is 16.7 Å². The Hall–Kier alpha value is -1.46. The van der Waals surface area contributed by atoms with Crippen LogP contribution in [0.2, 0.25) is 5.02 Å². The summed E-state index contributed by atoms with van der Waals surface area (Å²) >= 11 is 5.78. The molecule has 17 heavy (non-hydrogen) atoms. The summed E-state index contributed by atoms with van der Waals surface area (Å²) in [6, 6.07) is 7.29. The fraction of sp³-hybridized carbons (Fsp3) is 0.357. The lowest BCUT2D eigenvalue weighted by molar-refractivity contribution is -0.141. The first-order valence-corrected chi connectivity index (χ1v) is 5.88. The van der Waals surface area contributed by atoms with Crippen LogP contribution in [0.1, 0.15) is 25.3 Å². The lowest BCUT2D eigenvalue weighted by atomic mass is 9.95.